The van der Waals surface area contributed by atoms with Crippen molar-refractivity contribution in [1.29, 1.82) is 0 Å². The van der Waals surface area contributed by atoms with Gasteiger partial charge < -0.3 is 10.6 Å². The van der Waals surface area contributed by atoms with E-state index in [9.17, 15) is 0 Å². The first-order valence-electron chi connectivity index (χ1n) is 6.96. The average Bonchev–Trinajstić information content (AvgIpc) is 2.93. The second-order valence-corrected chi connectivity index (χ2v) is 5.96. The molecule has 2 heterocycles. The molecular formula is C17H18N2S. The Bertz CT molecular complexity index is 648. The highest BCUT2D eigenvalue weighted by molar-refractivity contribution is 7.10. The Morgan fingerprint density at radius 2 is 2.20 bits per heavy atom. The fraction of sp³-hybridized carbons (Fsp3) is 0.294. The number of nitrogens with two attached hydrogens (primary N) is 1. The number of hydrogen-bond acceptors (Lipinski definition) is 3. The van der Waals surface area contributed by atoms with Crippen LogP contribution in [-0.4, -0.2) is 13.1 Å². The number of nitrogens with zero attached hydrogens (tertiary/aromatic N) is 1. The van der Waals surface area contributed by atoms with E-state index in [4.69, 9.17) is 5.73 Å². The molecule has 102 valence electrons. The zero-order valence-corrected chi connectivity index (χ0v) is 12.2. The molecule has 0 bridgehead atoms. The third-order valence-electron chi connectivity index (χ3n) is 3.54. The highest BCUT2D eigenvalue weighted by atomic mass is 32.1. The molecule has 0 amide bonds. The molecule has 0 spiro atoms. The van der Waals surface area contributed by atoms with Crippen molar-refractivity contribution in [2.45, 2.75) is 19.4 Å². The highest BCUT2D eigenvalue weighted by Crippen LogP contribution is 2.29. The van der Waals surface area contributed by atoms with Gasteiger partial charge in [0.25, 0.3) is 0 Å². The molecule has 1 aromatic heterocycles. The summed E-state index contributed by atoms with van der Waals surface area (Å²) in [4.78, 5) is 3.84. The lowest BCUT2D eigenvalue weighted by atomic mass is 10.0. The van der Waals surface area contributed by atoms with Gasteiger partial charge in [-0.15, -0.1) is 11.3 Å². The van der Waals surface area contributed by atoms with Gasteiger partial charge in [-0.3, -0.25) is 0 Å². The summed E-state index contributed by atoms with van der Waals surface area (Å²) in [5, 5.41) is 2.12. The minimum Gasteiger partial charge on any atom is -0.366 e. The summed E-state index contributed by atoms with van der Waals surface area (Å²) in [6.07, 6.45) is 2.44. The van der Waals surface area contributed by atoms with E-state index in [0.717, 1.165) is 18.7 Å². The summed E-state index contributed by atoms with van der Waals surface area (Å²) in [5.41, 5.74) is 9.35. The Morgan fingerprint density at radius 1 is 1.30 bits per heavy atom. The van der Waals surface area contributed by atoms with E-state index in [1.54, 1.807) is 11.3 Å². The summed E-state index contributed by atoms with van der Waals surface area (Å²) in [5.74, 6) is 6.01. The van der Waals surface area contributed by atoms with E-state index in [1.165, 1.54) is 29.0 Å². The van der Waals surface area contributed by atoms with Crippen LogP contribution >= 0.6 is 11.3 Å². The van der Waals surface area contributed by atoms with Gasteiger partial charge in [-0.25, -0.2) is 0 Å². The molecule has 1 aliphatic heterocycles. The van der Waals surface area contributed by atoms with Crippen molar-refractivity contribution in [3.8, 4) is 11.8 Å². The molecule has 0 saturated carbocycles. The molecule has 2 aromatic rings. The molecule has 0 radical (unpaired) electrons. The fourth-order valence-electron chi connectivity index (χ4n) is 2.65. The van der Waals surface area contributed by atoms with Crippen molar-refractivity contribution >= 4 is 17.0 Å². The van der Waals surface area contributed by atoms with E-state index in [2.05, 4.69) is 52.5 Å². The minimum absolute atomic E-state index is 0.421. The zero-order chi connectivity index (χ0) is 13.8. The third-order valence-corrected chi connectivity index (χ3v) is 4.46. The predicted molar refractivity (Wildman–Crippen MR) is 86.1 cm³/mol. The van der Waals surface area contributed by atoms with E-state index >= 15 is 0 Å². The van der Waals surface area contributed by atoms with Gasteiger partial charge in [-0.05, 0) is 30.5 Å². The van der Waals surface area contributed by atoms with Crippen LogP contribution in [0, 0.1) is 11.8 Å². The van der Waals surface area contributed by atoms with Gasteiger partial charge in [0.2, 0.25) is 0 Å². The van der Waals surface area contributed by atoms with Crippen LogP contribution in [0.3, 0.4) is 0 Å². The number of aryl methyl sites for hydroxylation is 1. The smallest absolute Gasteiger partial charge is 0.0555 e. The molecule has 20 heavy (non-hydrogen) atoms. The molecule has 2 nitrogen and oxygen atoms in total. The number of thiophene rings is 1. The van der Waals surface area contributed by atoms with Crippen molar-refractivity contribution in [3.05, 3.63) is 51.7 Å². The van der Waals surface area contributed by atoms with Gasteiger partial charge in [0.05, 0.1) is 13.1 Å². The number of fused-ring (bicyclic) bond motifs is 1. The maximum Gasteiger partial charge on any atom is 0.0555 e. The van der Waals surface area contributed by atoms with Gasteiger partial charge in [-0.2, -0.15) is 0 Å². The maximum absolute atomic E-state index is 5.41. The summed E-state index contributed by atoms with van der Waals surface area (Å²) >= 11 is 1.78. The highest BCUT2D eigenvalue weighted by Gasteiger charge is 2.16. The van der Waals surface area contributed by atoms with Crippen LogP contribution in [0.25, 0.3) is 0 Å². The Balaban J connectivity index is 1.77. The van der Waals surface area contributed by atoms with Crippen molar-refractivity contribution in [1.82, 2.24) is 0 Å². The molecule has 2 N–H and O–H groups in total. The van der Waals surface area contributed by atoms with Crippen LogP contribution in [0.15, 0.2) is 35.7 Å². The second-order valence-electron chi connectivity index (χ2n) is 4.96. The van der Waals surface area contributed by atoms with E-state index in [1.807, 2.05) is 0 Å². The van der Waals surface area contributed by atoms with Crippen molar-refractivity contribution in [2.24, 2.45) is 5.73 Å². The SMILES string of the molecule is NCC#Cc1csc(CN2CCCc3ccccc32)c1. The second kappa shape index (κ2) is 6.13. The molecule has 1 aliphatic rings. The van der Waals surface area contributed by atoms with Gasteiger partial charge in [0, 0.05) is 28.1 Å². The maximum atomic E-state index is 5.41. The van der Waals surface area contributed by atoms with Crippen LogP contribution in [0.5, 0.6) is 0 Å². The molecular weight excluding hydrogens is 264 g/mol. The van der Waals surface area contributed by atoms with E-state index in [-0.39, 0.29) is 0 Å². The van der Waals surface area contributed by atoms with Crippen LogP contribution < -0.4 is 10.6 Å². The monoisotopic (exact) mass is 282 g/mol. The minimum atomic E-state index is 0.421. The number of para-hydroxylation sites is 1. The van der Waals surface area contributed by atoms with Crippen LogP contribution in [0.4, 0.5) is 5.69 Å². The fourth-order valence-corrected chi connectivity index (χ4v) is 3.48. The number of rotatable bonds is 2. The summed E-state index contributed by atoms with van der Waals surface area (Å²) in [7, 11) is 0. The van der Waals surface area contributed by atoms with Gasteiger partial charge >= 0.3 is 0 Å². The average molecular weight is 282 g/mol. The van der Waals surface area contributed by atoms with Crippen LogP contribution in [0.2, 0.25) is 0 Å². The van der Waals surface area contributed by atoms with Gasteiger partial charge in [0.15, 0.2) is 0 Å². The van der Waals surface area contributed by atoms with Crippen molar-refractivity contribution in [3.63, 3.8) is 0 Å². The topological polar surface area (TPSA) is 29.3 Å². The molecule has 3 heteroatoms. The number of anilines is 1. The van der Waals surface area contributed by atoms with Gasteiger partial charge in [0.1, 0.15) is 0 Å². The number of benzene rings is 1. The predicted octanol–water partition coefficient (Wildman–Crippen LogP) is 3.01. The Kier molecular flexibility index (Phi) is 4.05. The number of hydrogen-bond donors (Lipinski definition) is 1. The molecule has 0 unspecified atom stereocenters. The lowest BCUT2D eigenvalue weighted by Gasteiger charge is -2.30. The largest absolute Gasteiger partial charge is 0.366 e. The molecule has 0 saturated heterocycles. The first kappa shape index (κ1) is 13.2. The summed E-state index contributed by atoms with van der Waals surface area (Å²) in [6.45, 7) is 2.54. The van der Waals surface area contributed by atoms with Gasteiger partial charge in [-0.1, -0.05) is 30.0 Å². The van der Waals surface area contributed by atoms with Crippen LogP contribution in [-0.2, 0) is 13.0 Å². The normalized spacial score (nSPS) is 13.6. The third kappa shape index (κ3) is 2.87. The first-order chi connectivity index (χ1) is 9.86. The molecule has 1 aromatic carbocycles. The lowest BCUT2D eigenvalue weighted by Crippen LogP contribution is -2.28. The van der Waals surface area contributed by atoms with Crippen molar-refractivity contribution in [2.75, 3.05) is 18.0 Å². The van der Waals surface area contributed by atoms with E-state index in [0.29, 0.717) is 6.54 Å². The standard InChI is InChI=1S/C17H18N2S/c18-9-3-5-14-11-16(20-13-14)12-19-10-4-7-15-6-1-2-8-17(15)19/h1-2,6,8,11,13H,4,7,9-10,12,18H2. The lowest BCUT2D eigenvalue weighted by molar-refractivity contribution is 0.695. The summed E-state index contributed by atoms with van der Waals surface area (Å²) < 4.78 is 0. The quantitative estimate of drug-likeness (QED) is 0.858. The summed E-state index contributed by atoms with van der Waals surface area (Å²) in [6, 6.07) is 10.9. The Morgan fingerprint density at radius 3 is 3.10 bits per heavy atom. The van der Waals surface area contributed by atoms with Crippen LogP contribution in [0.1, 0.15) is 22.4 Å². The molecule has 0 aliphatic carbocycles. The zero-order valence-electron chi connectivity index (χ0n) is 11.4. The van der Waals surface area contributed by atoms with E-state index < -0.39 is 0 Å². The first-order valence-corrected chi connectivity index (χ1v) is 7.84. The Hall–Kier alpha value is -1.76. The molecule has 0 atom stereocenters. The Labute approximate surface area is 124 Å². The molecule has 0 fully saturated rings. The molecule has 3 rings (SSSR count). The van der Waals surface area contributed by atoms with Crippen molar-refractivity contribution < 1.29 is 0 Å².